The van der Waals surface area contributed by atoms with Crippen LogP contribution in [0.15, 0.2) is 61.9 Å². The van der Waals surface area contributed by atoms with Crippen LogP contribution in [-0.4, -0.2) is 17.1 Å². The smallest absolute Gasteiger partial charge is 0.338 e. The Morgan fingerprint density at radius 3 is 2.57 bits per heavy atom. The molecule has 0 amide bonds. The molecule has 1 atom stereocenters. The Kier molecular flexibility index (Phi) is 5.30. The summed E-state index contributed by atoms with van der Waals surface area (Å²) in [7, 11) is 0. The first-order valence-electron chi connectivity index (χ1n) is 9.71. The number of allylic oxidation sites excluding steroid dienone is 1. The van der Waals surface area contributed by atoms with Gasteiger partial charge in [0.15, 0.2) is 4.80 Å². The number of nitrogens with zero attached hydrogens (tertiary/aromatic N) is 2. The Bertz CT molecular complexity index is 1320. The van der Waals surface area contributed by atoms with Gasteiger partial charge < -0.3 is 9.15 Å². The molecular formula is C23H22N2O4S. The van der Waals surface area contributed by atoms with Gasteiger partial charge in [0.25, 0.3) is 5.56 Å². The van der Waals surface area contributed by atoms with Crippen LogP contribution in [0, 0.1) is 13.8 Å². The topological polar surface area (TPSA) is 73.8 Å². The van der Waals surface area contributed by atoms with Gasteiger partial charge in [0.2, 0.25) is 0 Å². The van der Waals surface area contributed by atoms with E-state index in [0.717, 1.165) is 16.9 Å². The van der Waals surface area contributed by atoms with E-state index in [1.165, 1.54) is 11.3 Å². The van der Waals surface area contributed by atoms with E-state index >= 15 is 0 Å². The fraction of sp³-hybridized carbons (Fsp3) is 0.261. The lowest BCUT2D eigenvalue weighted by atomic mass is 9.95. The fourth-order valence-electron chi connectivity index (χ4n) is 3.52. The van der Waals surface area contributed by atoms with Crippen LogP contribution >= 0.6 is 11.3 Å². The molecule has 0 fully saturated rings. The fourth-order valence-corrected chi connectivity index (χ4v) is 4.54. The van der Waals surface area contributed by atoms with Gasteiger partial charge >= 0.3 is 5.97 Å². The Hall–Kier alpha value is -3.19. The summed E-state index contributed by atoms with van der Waals surface area (Å²) in [5.74, 6) is 0.915. The highest BCUT2D eigenvalue weighted by molar-refractivity contribution is 7.07. The number of carbonyl (C=O) groups is 1. The molecule has 2 aromatic heterocycles. The van der Waals surface area contributed by atoms with E-state index in [1.807, 2.05) is 50.2 Å². The third-order valence-electron chi connectivity index (χ3n) is 4.94. The molecule has 0 saturated carbocycles. The third-order valence-corrected chi connectivity index (χ3v) is 5.93. The summed E-state index contributed by atoms with van der Waals surface area (Å²) in [4.78, 5) is 31.3. The minimum atomic E-state index is -0.596. The lowest BCUT2D eigenvalue weighted by Crippen LogP contribution is -2.39. The first-order chi connectivity index (χ1) is 14.4. The maximum Gasteiger partial charge on any atom is 0.338 e. The molecule has 4 rings (SSSR count). The lowest BCUT2D eigenvalue weighted by Gasteiger charge is -2.24. The molecule has 0 spiro atoms. The van der Waals surface area contributed by atoms with Crippen molar-refractivity contribution in [2.24, 2.45) is 4.99 Å². The van der Waals surface area contributed by atoms with Crippen molar-refractivity contribution in [3.8, 4) is 0 Å². The monoisotopic (exact) mass is 422 g/mol. The van der Waals surface area contributed by atoms with Gasteiger partial charge in [-0.05, 0) is 45.4 Å². The van der Waals surface area contributed by atoms with Crippen molar-refractivity contribution in [2.45, 2.75) is 33.7 Å². The number of rotatable bonds is 4. The number of carbonyl (C=O) groups excluding carboxylic acids is 1. The average Bonchev–Trinajstić information content (AvgIpc) is 3.24. The predicted molar refractivity (Wildman–Crippen MR) is 115 cm³/mol. The van der Waals surface area contributed by atoms with Crippen LogP contribution in [0.5, 0.6) is 0 Å². The molecule has 0 aliphatic carbocycles. The Labute approximate surface area is 177 Å². The van der Waals surface area contributed by atoms with Crippen LogP contribution in [0.2, 0.25) is 0 Å². The van der Waals surface area contributed by atoms with E-state index in [-0.39, 0.29) is 12.2 Å². The number of ether oxygens (including phenoxy) is 1. The van der Waals surface area contributed by atoms with E-state index in [1.54, 1.807) is 24.5 Å². The number of esters is 1. The number of hydrogen-bond donors (Lipinski definition) is 0. The summed E-state index contributed by atoms with van der Waals surface area (Å²) >= 11 is 1.28. The summed E-state index contributed by atoms with van der Waals surface area (Å²) in [5.41, 5.74) is 2.65. The van der Waals surface area contributed by atoms with Crippen LogP contribution in [0.1, 0.15) is 42.5 Å². The standard InChI is InChI=1S/C23H22N2O4S/c1-5-28-22(27)19-15(4)24-23-25(20(19)16-9-6-13(2)7-10-16)21(26)18(30-23)12-17-11-8-14(3)29-17/h6-12,20H,5H2,1-4H3/b18-12-/t20-/m0/s1. The van der Waals surface area contributed by atoms with Crippen molar-refractivity contribution in [2.75, 3.05) is 6.61 Å². The van der Waals surface area contributed by atoms with Crippen molar-refractivity contribution < 1.29 is 13.9 Å². The summed E-state index contributed by atoms with van der Waals surface area (Å²) in [6.45, 7) is 7.63. The van der Waals surface area contributed by atoms with Gasteiger partial charge in [0.1, 0.15) is 11.5 Å². The molecule has 1 aliphatic rings. The zero-order valence-corrected chi connectivity index (χ0v) is 18.1. The van der Waals surface area contributed by atoms with Crippen molar-refractivity contribution in [1.29, 1.82) is 0 Å². The highest BCUT2D eigenvalue weighted by atomic mass is 32.1. The van der Waals surface area contributed by atoms with Gasteiger partial charge in [-0.3, -0.25) is 9.36 Å². The van der Waals surface area contributed by atoms with Crippen molar-refractivity contribution in [3.05, 3.63) is 90.0 Å². The predicted octanol–water partition coefficient (Wildman–Crippen LogP) is 3.01. The minimum Gasteiger partial charge on any atom is -0.463 e. The molecule has 7 heteroatoms. The van der Waals surface area contributed by atoms with E-state index in [9.17, 15) is 9.59 Å². The molecule has 6 nitrogen and oxygen atoms in total. The Morgan fingerprint density at radius 1 is 1.20 bits per heavy atom. The van der Waals surface area contributed by atoms with Crippen LogP contribution in [-0.2, 0) is 9.53 Å². The molecule has 0 N–H and O–H groups in total. The van der Waals surface area contributed by atoms with E-state index in [4.69, 9.17) is 9.15 Å². The summed E-state index contributed by atoms with van der Waals surface area (Å²) in [6.07, 6.45) is 1.71. The highest BCUT2D eigenvalue weighted by Gasteiger charge is 2.33. The van der Waals surface area contributed by atoms with Crippen molar-refractivity contribution in [1.82, 2.24) is 4.57 Å². The lowest BCUT2D eigenvalue weighted by molar-refractivity contribution is -0.139. The van der Waals surface area contributed by atoms with Gasteiger partial charge in [-0.15, -0.1) is 0 Å². The zero-order valence-electron chi connectivity index (χ0n) is 17.3. The van der Waals surface area contributed by atoms with Crippen LogP contribution < -0.4 is 14.9 Å². The van der Waals surface area contributed by atoms with Crippen molar-refractivity contribution in [3.63, 3.8) is 0 Å². The largest absolute Gasteiger partial charge is 0.463 e. The summed E-state index contributed by atoms with van der Waals surface area (Å²) in [5, 5.41) is 0. The summed E-state index contributed by atoms with van der Waals surface area (Å²) in [6, 6.07) is 10.9. The Morgan fingerprint density at radius 2 is 1.93 bits per heavy atom. The maximum absolute atomic E-state index is 13.4. The number of thiazole rings is 1. The van der Waals surface area contributed by atoms with Crippen LogP contribution in [0.3, 0.4) is 0 Å². The number of furan rings is 1. The molecule has 30 heavy (non-hydrogen) atoms. The van der Waals surface area contributed by atoms with Gasteiger partial charge in [-0.2, -0.15) is 0 Å². The second kappa shape index (κ2) is 7.91. The van der Waals surface area contributed by atoms with Gasteiger partial charge in [-0.1, -0.05) is 41.2 Å². The molecule has 1 aromatic carbocycles. The number of aromatic nitrogens is 1. The van der Waals surface area contributed by atoms with Crippen molar-refractivity contribution >= 4 is 23.4 Å². The number of benzene rings is 1. The quantitative estimate of drug-likeness (QED) is 0.606. The second-order valence-electron chi connectivity index (χ2n) is 7.16. The normalized spacial score (nSPS) is 16.4. The first kappa shape index (κ1) is 20.1. The molecule has 0 saturated heterocycles. The van der Waals surface area contributed by atoms with Crippen LogP contribution in [0.25, 0.3) is 6.08 Å². The van der Waals surface area contributed by atoms with Gasteiger partial charge in [0.05, 0.1) is 28.5 Å². The molecule has 0 bridgehead atoms. The van der Waals surface area contributed by atoms with Gasteiger partial charge in [0, 0.05) is 6.08 Å². The third kappa shape index (κ3) is 3.57. The molecule has 3 aromatic rings. The maximum atomic E-state index is 13.4. The number of hydrogen-bond acceptors (Lipinski definition) is 6. The SMILES string of the molecule is CCOC(=O)C1=C(C)N=c2s/c(=C\c3ccc(C)o3)c(=O)n2[C@H]1c1ccc(C)cc1. The molecule has 0 unspecified atom stereocenters. The molecule has 1 aliphatic heterocycles. The molecule has 154 valence electrons. The summed E-state index contributed by atoms with van der Waals surface area (Å²) < 4.78 is 13.0. The average molecular weight is 423 g/mol. The number of fused-ring (bicyclic) bond motifs is 1. The van der Waals surface area contributed by atoms with E-state index in [2.05, 4.69) is 4.99 Å². The highest BCUT2D eigenvalue weighted by Crippen LogP contribution is 2.30. The molecule has 3 heterocycles. The first-order valence-corrected chi connectivity index (χ1v) is 10.5. The van der Waals surface area contributed by atoms with E-state index < -0.39 is 12.0 Å². The van der Waals surface area contributed by atoms with Crippen LogP contribution in [0.4, 0.5) is 0 Å². The second-order valence-corrected chi connectivity index (χ2v) is 8.17. The zero-order chi connectivity index (χ0) is 21.4. The molecule has 0 radical (unpaired) electrons. The molecular weight excluding hydrogens is 400 g/mol. The number of aryl methyl sites for hydroxylation is 2. The minimum absolute atomic E-state index is 0.215. The Balaban J connectivity index is 1.96. The van der Waals surface area contributed by atoms with Gasteiger partial charge in [-0.25, -0.2) is 9.79 Å². The van der Waals surface area contributed by atoms with E-state index in [0.29, 0.717) is 26.4 Å².